The Balaban J connectivity index is 1.62. The molecule has 2 unspecified atom stereocenters. The predicted molar refractivity (Wildman–Crippen MR) is 135 cm³/mol. The number of amides is 2. The first-order valence-electron chi connectivity index (χ1n) is 12.6. The number of carboxylic acid groups (broad SMARTS) is 1. The maximum atomic E-state index is 14.4. The van der Waals surface area contributed by atoms with Crippen molar-refractivity contribution in [2.75, 3.05) is 13.2 Å². The number of aliphatic hydroxyl groups is 1. The molecule has 2 amide bonds. The number of rotatable bonds is 9. The van der Waals surface area contributed by atoms with Gasteiger partial charge >= 0.3 is 5.97 Å². The van der Waals surface area contributed by atoms with E-state index in [-0.39, 0.29) is 12.5 Å². The van der Waals surface area contributed by atoms with Crippen molar-refractivity contribution in [1.82, 2.24) is 9.80 Å². The Morgan fingerprint density at radius 2 is 1.81 bits per heavy atom. The number of carbonyl (C=O) groups excluding carboxylic acids is 2. The normalized spacial score (nSPS) is 30.7. The second-order valence-corrected chi connectivity index (χ2v) is 10.4. The molecule has 2 N–H and O–H groups in total. The van der Waals surface area contributed by atoms with E-state index in [9.17, 15) is 24.6 Å². The Bertz CT molecular complexity index is 1200. The minimum Gasteiger partial charge on any atom is -0.481 e. The SMILES string of the molecule is C=CCN(Cc1ccccc1)C(=O)C1N([C@H](CO)c2ccccc2)C(=O)[C@@H]2[C@@H](C(=O)O)[C@@]3(C)CCC12O3. The fraction of sp³-hybridized carbons (Fsp3) is 0.414. The number of nitrogens with zero attached hydrogens (tertiary/aromatic N) is 2. The third-order valence-electron chi connectivity index (χ3n) is 8.28. The molecule has 3 aliphatic heterocycles. The van der Waals surface area contributed by atoms with Gasteiger partial charge in [-0.3, -0.25) is 14.4 Å². The van der Waals surface area contributed by atoms with Gasteiger partial charge in [0.15, 0.2) is 0 Å². The van der Waals surface area contributed by atoms with Gasteiger partial charge in [-0.15, -0.1) is 6.58 Å². The van der Waals surface area contributed by atoms with Crippen LogP contribution >= 0.6 is 0 Å². The van der Waals surface area contributed by atoms with Crippen molar-refractivity contribution in [2.24, 2.45) is 11.8 Å². The zero-order valence-electron chi connectivity index (χ0n) is 20.8. The van der Waals surface area contributed by atoms with Gasteiger partial charge in [-0.1, -0.05) is 66.7 Å². The smallest absolute Gasteiger partial charge is 0.310 e. The number of aliphatic carboxylic acids is 1. The number of hydrogen-bond donors (Lipinski definition) is 2. The molecule has 6 atom stereocenters. The van der Waals surface area contributed by atoms with Crippen molar-refractivity contribution in [3.05, 3.63) is 84.4 Å². The molecule has 0 aromatic heterocycles. The van der Waals surface area contributed by atoms with Gasteiger partial charge in [-0.2, -0.15) is 0 Å². The molecular formula is C29H32N2O6. The summed E-state index contributed by atoms with van der Waals surface area (Å²) in [6.07, 6.45) is 2.45. The quantitative estimate of drug-likeness (QED) is 0.509. The van der Waals surface area contributed by atoms with Crippen molar-refractivity contribution in [1.29, 1.82) is 0 Å². The number of benzene rings is 2. The molecule has 0 aliphatic carbocycles. The fourth-order valence-electron chi connectivity index (χ4n) is 6.75. The van der Waals surface area contributed by atoms with Crippen LogP contribution in [0.2, 0.25) is 0 Å². The van der Waals surface area contributed by atoms with Crippen LogP contribution in [0.3, 0.4) is 0 Å². The van der Waals surface area contributed by atoms with Crippen molar-refractivity contribution in [3.8, 4) is 0 Å². The zero-order chi connectivity index (χ0) is 26.4. The van der Waals surface area contributed by atoms with Crippen molar-refractivity contribution < 1.29 is 29.3 Å². The van der Waals surface area contributed by atoms with E-state index in [4.69, 9.17) is 4.74 Å². The molecule has 5 rings (SSSR count). The van der Waals surface area contributed by atoms with Crippen molar-refractivity contribution in [3.63, 3.8) is 0 Å². The van der Waals surface area contributed by atoms with E-state index < -0.39 is 53.6 Å². The number of carboxylic acids is 1. The molecule has 8 heteroatoms. The van der Waals surface area contributed by atoms with Crippen LogP contribution in [0.15, 0.2) is 73.3 Å². The van der Waals surface area contributed by atoms with E-state index in [0.717, 1.165) is 5.56 Å². The highest BCUT2D eigenvalue weighted by Gasteiger charge is 2.79. The average Bonchev–Trinajstić information content (AvgIpc) is 3.46. The minimum absolute atomic E-state index is 0.238. The van der Waals surface area contributed by atoms with Crippen LogP contribution < -0.4 is 0 Å². The summed E-state index contributed by atoms with van der Waals surface area (Å²) in [6.45, 7) is 5.66. The fourth-order valence-corrected chi connectivity index (χ4v) is 6.75. The van der Waals surface area contributed by atoms with Gasteiger partial charge < -0.3 is 24.7 Å². The standard InChI is InChI=1S/C29H32N2O6/c1-3-16-30(17-19-10-6-4-7-11-19)26(34)24-29-15-14-28(2,37-29)23(27(35)36)22(29)25(33)31(24)21(18-32)20-12-8-5-9-13-20/h3-13,21-24,32H,1,14-18H2,2H3,(H,35,36)/t21-,22+,23+,24?,28-,29?/m1/s1. The van der Waals surface area contributed by atoms with Crippen molar-refractivity contribution >= 4 is 17.8 Å². The molecule has 0 radical (unpaired) electrons. The second-order valence-electron chi connectivity index (χ2n) is 10.4. The highest BCUT2D eigenvalue weighted by atomic mass is 16.5. The second kappa shape index (κ2) is 9.43. The Labute approximate surface area is 216 Å². The van der Waals surface area contributed by atoms with E-state index in [1.54, 1.807) is 42.2 Å². The molecule has 3 heterocycles. The average molecular weight is 505 g/mol. The van der Waals surface area contributed by atoms with Gasteiger partial charge in [0.05, 0.1) is 30.1 Å². The van der Waals surface area contributed by atoms with Crippen LogP contribution in [0.1, 0.15) is 36.9 Å². The Morgan fingerprint density at radius 3 is 2.41 bits per heavy atom. The lowest BCUT2D eigenvalue weighted by molar-refractivity contribution is -0.158. The van der Waals surface area contributed by atoms with Crippen molar-refractivity contribution in [2.45, 2.75) is 49.6 Å². The van der Waals surface area contributed by atoms with Crippen LogP contribution in [0.5, 0.6) is 0 Å². The first-order chi connectivity index (χ1) is 17.8. The van der Waals surface area contributed by atoms with E-state index in [1.165, 1.54) is 4.90 Å². The zero-order valence-corrected chi connectivity index (χ0v) is 20.8. The molecule has 3 saturated heterocycles. The summed E-state index contributed by atoms with van der Waals surface area (Å²) >= 11 is 0. The van der Waals surface area contributed by atoms with E-state index in [1.807, 2.05) is 36.4 Å². The summed E-state index contributed by atoms with van der Waals surface area (Å²) < 4.78 is 6.49. The van der Waals surface area contributed by atoms with Gasteiger partial charge in [-0.05, 0) is 30.9 Å². The third kappa shape index (κ3) is 3.86. The van der Waals surface area contributed by atoms with E-state index in [2.05, 4.69) is 6.58 Å². The highest BCUT2D eigenvalue weighted by molar-refractivity contribution is 5.98. The lowest BCUT2D eigenvalue weighted by Gasteiger charge is -2.39. The van der Waals surface area contributed by atoms with Crippen LogP contribution in [-0.2, 0) is 25.7 Å². The first kappa shape index (κ1) is 25.2. The van der Waals surface area contributed by atoms with Crippen LogP contribution in [0.4, 0.5) is 0 Å². The molecule has 2 aromatic rings. The number of ether oxygens (including phenoxy) is 1. The number of fused-ring (bicyclic) bond motifs is 1. The molecule has 1 spiro atoms. The number of hydrogen-bond acceptors (Lipinski definition) is 5. The number of carbonyl (C=O) groups is 3. The van der Waals surface area contributed by atoms with Gasteiger partial charge in [-0.25, -0.2) is 0 Å². The number of likely N-dealkylation sites (tertiary alicyclic amines) is 1. The Hall–Kier alpha value is -3.49. The van der Waals surface area contributed by atoms with Crippen LogP contribution in [0, 0.1) is 11.8 Å². The van der Waals surface area contributed by atoms with E-state index >= 15 is 0 Å². The lowest BCUT2D eigenvalue weighted by atomic mass is 9.66. The van der Waals surface area contributed by atoms with Gasteiger partial charge in [0.2, 0.25) is 11.8 Å². The van der Waals surface area contributed by atoms with Crippen LogP contribution in [0.25, 0.3) is 0 Å². The third-order valence-corrected chi connectivity index (χ3v) is 8.28. The highest BCUT2D eigenvalue weighted by Crippen LogP contribution is 2.64. The first-order valence-corrected chi connectivity index (χ1v) is 12.6. The lowest BCUT2D eigenvalue weighted by Crippen LogP contribution is -2.57. The van der Waals surface area contributed by atoms with Crippen LogP contribution in [-0.4, -0.2) is 68.2 Å². The molecule has 3 fully saturated rings. The summed E-state index contributed by atoms with van der Waals surface area (Å²) in [7, 11) is 0. The molecule has 8 nitrogen and oxygen atoms in total. The maximum Gasteiger partial charge on any atom is 0.310 e. The summed E-state index contributed by atoms with van der Waals surface area (Å²) in [4.78, 5) is 44.0. The summed E-state index contributed by atoms with van der Waals surface area (Å²) in [6, 6.07) is 16.6. The molecule has 2 aromatic carbocycles. The molecular weight excluding hydrogens is 472 g/mol. The number of aliphatic hydroxyl groups excluding tert-OH is 1. The maximum absolute atomic E-state index is 14.4. The van der Waals surface area contributed by atoms with E-state index in [0.29, 0.717) is 24.9 Å². The molecule has 37 heavy (non-hydrogen) atoms. The van der Waals surface area contributed by atoms with Gasteiger partial charge in [0.25, 0.3) is 0 Å². The minimum atomic E-state index is -1.29. The molecule has 194 valence electrons. The summed E-state index contributed by atoms with van der Waals surface area (Å²) in [5.41, 5.74) is -0.750. The Morgan fingerprint density at radius 1 is 1.16 bits per heavy atom. The molecule has 2 bridgehead atoms. The largest absolute Gasteiger partial charge is 0.481 e. The summed E-state index contributed by atoms with van der Waals surface area (Å²) in [5.74, 6) is -4.01. The van der Waals surface area contributed by atoms with Gasteiger partial charge in [0, 0.05) is 13.1 Å². The summed E-state index contributed by atoms with van der Waals surface area (Å²) in [5, 5.41) is 20.7. The predicted octanol–water partition coefficient (Wildman–Crippen LogP) is 2.78. The Kier molecular flexibility index (Phi) is 6.41. The monoisotopic (exact) mass is 504 g/mol. The van der Waals surface area contributed by atoms with Gasteiger partial charge in [0.1, 0.15) is 11.6 Å². The topological polar surface area (TPSA) is 107 Å². The molecule has 3 aliphatic rings. The molecule has 0 saturated carbocycles.